The number of halogens is 4. The summed E-state index contributed by atoms with van der Waals surface area (Å²) in [5.74, 6) is 0. The van der Waals surface area contributed by atoms with Crippen LogP contribution in [-0.4, -0.2) is 25.8 Å². The topological polar surface area (TPSA) is 12.5 Å². The zero-order chi connectivity index (χ0) is 15.5. The van der Waals surface area contributed by atoms with Crippen molar-refractivity contribution in [1.82, 2.24) is 0 Å². The third-order valence-electron chi connectivity index (χ3n) is 3.74. The largest absolute Gasteiger partial charge is 0.416 e. The van der Waals surface area contributed by atoms with Crippen LogP contribution in [0.5, 0.6) is 0 Å². The lowest BCUT2D eigenvalue weighted by molar-refractivity contribution is -0.138. The van der Waals surface area contributed by atoms with Gasteiger partial charge in [-0.05, 0) is 37.5 Å². The lowest BCUT2D eigenvalue weighted by atomic mass is 10.1. The van der Waals surface area contributed by atoms with Gasteiger partial charge in [-0.25, -0.2) is 0 Å². The van der Waals surface area contributed by atoms with Crippen LogP contribution < -0.4 is 4.90 Å². The van der Waals surface area contributed by atoms with Crippen LogP contribution in [0.15, 0.2) is 18.2 Å². The minimum Gasteiger partial charge on any atom is -0.376 e. The molecule has 1 aliphatic rings. The van der Waals surface area contributed by atoms with E-state index in [0.717, 1.165) is 19.4 Å². The van der Waals surface area contributed by atoms with Gasteiger partial charge in [-0.1, -0.05) is 22.0 Å². The zero-order valence-electron chi connectivity index (χ0n) is 11.9. The number of benzene rings is 1. The summed E-state index contributed by atoms with van der Waals surface area (Å²) in [6.45, 7) is 3.99. The van der Waals surface area contributed by atoms with Crippen LogP contribution >= 0.6 is 15.9 Å². The average Bonchev–Trinajstić information content (AvgIpc) is 2.96. The van der Waals surface area contributed by atoms with Gasteiger partial charge >= 0.3 is 6.18 Å². The number of nitrogens with zero attached hydrogens (tertiary/aromatic N) is 1. The summed E-state index contributed by atoms with van der Waals surface area (Å²) in [5, 5.41) is 0.194. The number of anilines is 1. The highest BCUT2D eigenvalue weighted by Gasteiger charge is 2.33. The molecule has 1 aromatic carbocycles. The summed E-state index contributed by atoms with van der Waals surface area (Å²) >= 11 is 3.12. The van der Waals surface area contributed by atoms with Gasteiger partial charge in [-0.3, -0.25) is 0 Å². The lowest BCUT2D eigenvalue weighted by Crippen LogP contribution is -2.32. The van der Waals surface area contributed by atoms with E-state index in [1.54, 1.807) is 12.1 Å². The first-order valence-corrected chi connectivity index (χ1v) is 8.20. The molecule has 1 aliphatic heterocycles. The van der Waals surface area contributed by atoms with Gasteiger partial charge in [0.2, 0.25) is 0 Å². The first kappa shape index (κ1) is 16.6. The Bertz CT molecular complexity index is 472. The molecule has 0 amide bonds. The van der Waals surface area contributed by atoms with E-state index in [2.05, 4.69) is 15.9 Å². The van der Waals surface area contributed by atoms with Crippen molar-refractivity contribution in [2.45, 2.75) is 37.4 Å². The number of ether oxygens (including phenoxy) is 1. The van der Waals surface area contributed by atoms with Gasteiger partial charge in [-0.2, -0.15) is 13.2 Å². The fourth-order valence-corrected chi connectivity index (χ4v) is 3.08. The molecule has 0 saturated carbocycles. The van der Waals surface area contributed by atoms with Crippen LogP contribution in [0.2, 0.25) is 0 Å². The van der Waals surface area contributed by atoms with E-state index in [1.165, 1.54) is 6.07 Å². The van der Waals surface area contributed by atoms with Gasteiger partial charge in [0.05, 0.1) is 11.7 Å². The van der Waals surface area contributed by atoms with E-state index in [-0.39, 0.29) is 17.0 Å². The lowest BCUT2D eigenvalue weighted by Gasteiger charge is -2.27. The zero-order valence-corrected chi connectivity index (χ0v) is 13.5. The second-order valence-electron chi connectivity index (χ2n) is 5.15. The maximum atomic E-state index is 13.1. The van der Waals surface area contributed by atoms with Crippen LogP contribution in [-0.2, 0) is 16.2 Å². The van der Waals surface area contributed by atoms with E-state index in [1.807, 2.05) is 11.8 Å². The summed E-state index contributed by atoms with van der Waals surface area (Å²) in [7, 11) is 0. The highest BCUT2D eigenvalue weighted by Crippen LogP contribution is 2.35. The molecule has 2 rings (SSSR count). The summed E-state index contributed by atoms with van der Waals surface area (Å²) in [4.78, 5) is 1.95. The molecule has 0 N–H and O–H groups in total. The molecule has 1 heterocycles. The minimum absolute atomic E-state index is 0.120. The normalized spacial score (nSPS) is 19.0. The molecule has 1 atom stereocenters. The fourth-order valence-electron chi connectivity index (χ4n) is 2.59. The predicted molar refractivity (Wildman–Crippen MR) is 80.9 cm³/mol. The van der Waals surface area contributed by atoms with Gasteiger partial charge in [0.15, 0.2) is 0 Å². The monoisotopic (exact) mass is 365 g/mol. The Balaban J connectivity index is 2.24. The third kappa shape index (κ3) is 4.13. The number of hydrogen-bond donors (Lipinski definition) is 0. The molecule has 6 heteroatoms. The third-order valence-corrected chi connectivity index (χ3v) is 4.34. The highest BCUT2D eigenvalue weighted by molar-refractivity contribution is 9.08. The molecule has 0 aliphatic carbocycles. The molecule has 118 valence electrons. The minimum atomic E-state index is -4.33. The van der Waals surface area contributed by atoms with Crippen LogP contribution in [0, 0.1) is 0 Å². The van der Waals surface area contributed by atoms with Crippen molar-refractivity contribution in [2.24, 2.45) is 0 Å². The second kappa shape index (κ2) is 7.01. The molecule has 1 fully saturated rings. The van der Waals surface area contributed by atoms with Gasteiger partial charge < -0.3 is 9.64 Å². The van der Waals surface area contributed by atoms with E-state index in [0.29, 0.717) is 18.8 Å². The number of rotatable bonds is 5. The average molecular weight is 366 g/mol. The molecule has 1 aromatic rings. The van der Waals surface area contributed by atoms with E-state index in [9.17, 15) is 13.2 Å². The molecule has 0 aromatic heterocycles. The van der Waals surface area contributed by atoms with Gasteiger partial charge in [0.25, 0.3) is 0 Å². The van der Waals surface area contributed by atoms with E-state index < -0.39 is 11.7 Å². The smallest absolute Gasteiger partial charge is 0.376 e. The first-order chi connectivity index (χ1) is 9.95. The van der Waals surface area contributed by atoms with Crippen LogP contribution in [0.4, 0.5) is 18.9 Å². The maximum absolute atomic E-state index is 13.1. The predicted octanol–water partition coefficient (Wildman–Crippen LogP) is 4.61. The summed E-state index contributed by atoms with van der Waals surface area (Å²) in [6.07, 6.45) is -2.21. The van der Waals surface area contributed by atoms with Crippen molar-refractivity contribution in [3.8, 4) is 0 Å². The first-order valence-electron chi connectivity index (χ1n) is 7.08. The quantitative estimate of drug-likeness (QED) is 0.706. The Hall–Kier alpha value is -0.750. The van der Waals surface area contributed by atoms with Gasteiger partial charge in [0, 0.05) is 30.7 Å². The number of hydrogen-bond acceptors (Lipinski definition) is 2. The molecule has 21 heavy (non-hydrogen) atoms. The Morgan fingerprint density at radius 1 is 1.38 bits per heavy atom. The SMILES string of the molecule is CCN(CC1CCCO1)c1ccc(CBr)c(C(F)(F)F)c1. The van der Waals surface area contributed by atoms with Crippen molar-refractivity contribution in [3.63, 3.8) is 0 Å². The van der Waals surface area contributed by atoms with Crippen molar-refractivity contribution in [3.05, 3.63) is 29.3 Å². The molecule has 0 bridgehead atoms. The molecule has 1 unspecified atom stereocenters. The van der Waals surface area contributed by atoms with E-state index >= 15 is 0 Å². The standard InChI is InChI=1S/C15H19BrF3NO/c1-2-20(10-13-4-3-7-21-13)12-6-5-11(9-16)14(8-12)15(17,18)19/h5-6,8,13H,2-4,7,9-10H2,1H3. The van der Waals surface area contributed by atoms with Gasteiger partial charge in [-0.15, -0.1) is 0 Å². The number of likely N-dealkylation sites (N-methyl/N-ethyl adjacent to an activating group) is 1. The summed E-state index contributed by atoms with van der Waals surface area (Å²) in [6, 6.07) is 4.55. The Morgan fingerprint density at radius 3 is 2.67 bits per heavy atom. The van der Waals surface area contributed by atoms with Crippen LogP contribution in [0.3, 0.4) is 0 Å². The Morgan fingerprint density at radius 2 is 2.14 bits per heavy atom. The number of alkyl halides is 4. The molecule has 2 nitrogen and oxygen atoms in total. The van der Waals surface area contributed by atoms with Crippen molar-refractivity contribution in [2.75, 3.05) is 24.6 Å². The van der Waals surface area contributed by atoms with Crippen molar-refractivity contribution < 1.29 is 17.9 Å². The van der Waals surface area contributed by atoms with E-state index in [4.69, 9.17) is 4.74 Å². The summed E-state index contributed by atoms with van der Waals surface area (Å²) < 4.78 is 44.9. The molecule has 1 saturated heterocycles. The molecule has 0 spiro atoms. The summed E-state index contributed by atoms with van der Waals surface area (Å²) in [5.41, 5.74) is 0.298. The maximum Gasteiger partial charge on any atom is 0.416 e. The fraction of sp³-hybridized carbons (Fsp3) is 0.600. The van der Waals surface area contributed by atoms with Crippen LogP contribution in [0.25, 0.3) is 0 Å². The Labute approximate surface area is 131 Å². The highest BCUT2D eigenvalue weighted by atomic mass is 79.9. The van der Waals surface area contributed by atoms with Crippen molar-refractivity contribution >= 4 is 21.6 Å². The molecular weight excluding hydrogens is 347 g/mol. The molecule has 0 radical (unpaired) electrons. The van der Waals surface area contributed by atoms with Crippen LogP contribution in [0.1, 0.15) is 30.9 Å². The van der Waals surface area contributed by atoms with Gasteiger partial charge in [0.1, 0.15) is 0 Å². The van der Waals surface area contributed by atoms with Crippen molar-refractivity contribution in [1.29, 1.82) is 0 Å². The Kier molecular flexibility index (Phi) is 5.54. The molecular formula is C15H19BrF3NO. The second-order valence-corrected chi connectivity index (χ2v) is 5.71.